The van der Waals surface area contributed by atoms with Crippen LogP contribution in [0, 0.1) is 0 Å². The number of hydrogen-bond donors (Lipinski definition) is 1. The highest BCUT2D eigenvalue weighted by Gasteiger charge is 2.21. The number of rotatable bonds is 5. The van der Waals surface area contributed by atoms with Crippen LogP contribution in [0.3, 0.4) is 0 Å². The summed E-state index contributed by atoms with van der Waals surface area (Å²) >= 11 is 0. The van der Waals surface area contributed by atoms with Crippen LogP contribution in [0.5, 0.6) is 11.5 Å². The molecule has 0 atom stereocenters. The molecule has 0 bridgehead atoms. The third-order valence-electron chi connectivity index (χ3n) is 5.37. The molecule has 3 aromatic rings. The van der Waals surface area contributed by atoms with Gasteiger partial charge in [0.1, 0.15) is 0 Å². The van der Waals surface area contributed by atoms with Crippen molar-refractivity contribution < 1.29 is 17.9 Å². The number of hydrogen-bond acceptors (Lipinski definition) is 4. The number of methoxy groups -OCH3 is 2. The van der Waals surface area contributed by atoms with E-state index in [1.165, 1.54) is 11.1 Å². The second-order valence-corrected chi connectivity index (χ2v) is 9.33. The molecular formula is C25H25NO4S. The topological polar surface area (TPSA) is 64.6 Å². The highest BCUT2D eigenvalue weighted by Crippen LogP contribution is 2.40. The zero-order valence-corrected chi connectivity index (χ0v) is 18.6. The van der Waals surface area contributed by atoms with Gasteiger partial charge < -0.3 is 9.47 Å². The molecule has 0 radical (unpaired) electrons. The Morgan fingerprint density at radius 3 is 2.29 bits per heavy atom. The highest BCUT2D eigenvalue weighted by atomic mass is 32.2. The van der Waals surface area contributed by atoms with E-state index in [1.54, 1.807) is 20.3 Å². The van der Waals surface area contributed by atoms with Crippen molar-refractivity contribution in [3.8, 4) is 11.5 Å². The van der Waals surface area contributed by atoms with Gasteiger partial charge in [-0.05, 0) is 76.6 Å². The zero-order valence-electron chi connectivity index (χ0n) is 17.8. The van der Waals surface area contributed by atoms with Gasteiger partial charge in [-0.2, -0.15) is 0 Å². The molecule has 0 fully saturated rings. The Morgan fingerprint density at radius 1 is 0.839 bits per heavy atom. The Labute approximate surface area is 183 Å². The summed E-state index contributed by atoms with van der Waals surface area (Å²) in [5.74, 6) is 1.39. The van der Waals surface area contributed by atoms with Crippen LogP contribution in [-0.2, 0) is 22.9 Å². The second-order valence-electron chi connectivity index (χ2n) is 7.58. The smallest absolute Gasteiger partial charge is 0.229 e. The minimum Gasteiger partial charge on any atom is -0.493 e. The van der Waals surface area contributed by atoms with Crippen molar-refractivity contribution in [2.24, 2.45) is 0 Å². The van der Waals surface area contributed by atoms with Crippen molar-refractivity contribution in [2.75, 3.05) is 25.2 Å². The van der Waals surface area contributed by atoms with Gasteiger partial charge in [0.25, 0.3) is 0 Å². The Kier molecular flexibility index (Phi) is 5.74. The van der Waals surface area contributed by atoms with Gasteiger partial charge in [0, 0.05) is 5.69 Å². The van der Waals surface area contributed by atoms with E-state index in [0.717, 1.165) is 41.4 Å². The van der Waals surface area contributed by atoms with Crippen LogP contribution in [0.1, 0.15) is 27.8 Å². The molecule has 0 amide bonds. The highest BCUT2D eigenvalue weighted by molar-refractivity contribution is 7.92. The number of benzene rings is 3. The molecule has 1 aliphatic carbocycles. The molecule has 0 aliphatic heterocycles. The van der Waals surface area contributed by atoms with Gasteiger partial charge in [-0.25, -0.2) is 8.42 Å². The molecule has 3 aromatic carbocycles. The maximum Gasteiger partial charge on any atom is 0.229 e. The summed E-state index contributed by atoms with van der Waals surface area (Å²) < 4.78 is 37.0. The first kappa shape index (κ1) is 21.0. The molecule has 5 nitrogen and oxygen atoms in total. The summed E-state index contributed by atoms with van der Waals surface area (Å²) in [5.41, 5.74) is 7.21. The summed E-state index contributed by atoms with van der Waals surface area (Å²) in [6.45, 7) is 0. The first-order chi connectivity index (χ1) is 14.9. The van der Waals surface area contributed by atoms with E-state index in [9.17, 15) is 8.42 Å². The number of ether oxygens (including phenoxy) is 2. The fourth-order valence-electron chi connectivity index (χ4n) is 4.02. The molecule has 6 heteroatoms. The van der Waals surface area contributed by atoms with Crippen molar-refractivity contribution in [1.82, 2.24) is 0 Å². The molecule has 0 spiro atoms. The summed E-state index contributed by atoms with van der Waals surface area (Å²) in [4.78, 5) is 0. The van der Waals surface area contributed by atoms with Crippen LogP contribution in [0.2, 0.25) is 0 Å². The predicted molar refractivity (Wildman–Crippen MR) is 125 cm³/mol. The van der Waals surface area contributed by atoms with Crippen LogP contribution >= 0.6 is 0 Å². The largest absolute Gasteiger partial charge is 0.493 e. The molecule has 0 saturated carbocycles. The van der Waals surface area contributed by atoms with Gasteiger partial charge in [0.05, 0.1) is 20.5 Å². The average molecular weight is 436 g/mol. The summed E-state index contributed by atoms with van der Waals surface area (Å²) in [5, 5.41) is 0. The summed E-state index contributed by atoms with van der Waals surface area (Å²) in [7, 11) is -0.0649. The number of fused-ring (bicyclic) bond motifs is 2. The lowest BCUT2D eigenvalue weighted by Gasteiger charge is -2.16. The zero-order chi connectivity index (χ0) is 22.0. The van der Waals surface area contributed by atoms with E-state index in [1.807, 2.05) is 30.3 Å². The van der Waals surface area contributed by atoms with Gasteiger partial charge in [0.15, 0.2) is 11.5 Å². The van der Waals surface area contributed by atoms with E-state index < -0.39 is 10.0 Å². The van der Waals surface area contributed by atoms with Gasteiger partial charge in [-0.1, -0.05) is 36.4 Å². The standard InChI is InChI=1S/C25H25NO4S/c1-29-24-15-19-12-11-18-8-4-5-10-21(18)23(22(19)16-25(24)30-2)14-17-7-6-9-20(13-17)26-31(3,27)28/h4-10,13-16,26H,11-12H2,1-3H3. The van der Waals surface area contributed by atoms with Gasteiger partial charge in [0.2, 0.25) is 10.0 Å². The fourth-order valence-corrected chi connectivity index (χ4v) is 4.58. The Bertz CT molecular complexity index is 1260. The number of aryl methyl sites for hydroxylation is 2. The lowest BCUT2D eigenvalue weighted by atomic mass is 9.92. The minimum atomic E-state index is -3.35. The molecule has 0 unspecified atom stereocenters. The van der Waals surface area contributed by atoms with E-state index >= 15 is 0 Å². The van der Waals surface area contributed by atoms with Crippen molar-refractivity contribution in [1.29, 1.82) is 0 Å². The molecule has 0 heterocycles. The quantitative estimate of drug-likeness (QED) is 0.627. The molecule has 0 saturated heterocycles. The molecule has 4 rings (SSSR count). The SMILES string of the molecule is COc1cc2c(cc1OC)C(=Cc1cccc(NS(C)(=O)=O)c1)c1ccccc1CC2. The minimum absolute atomic E-state index is 0.534. The molecule has 160 valence electrons. The van der Waals surface area contributed by atoms with Crippen LogP contribution in [0.4, 0.5) is 5.69 Å². The van der Waals surface area contributed by atoms with Crippen LogP contribution in [0.15, 0.2) is 60.7 Å². The van der Waals surface area contributed by atoms with E-state index in [2.05, 4.69) is 35.1 Å². The van der Waals surface area contributed by atoms with Crippen molar-refractivity contribution in [2.45, 2.75) is 12.8 Å². The maximum absolute atomic E-state index is 11.7. The third-order valence-corrected chi connectivity index (χ3v) is 5.98. The first-order valence-electron chi connectivity index (χ1n) is 10.0. The Balaban J connectivity index is 1.92. The molecule has 1 aliphatic rings. The van der Waals surface area contributed by atoms with Crippen LogP contribution in [0.25, 0.3) is 11.6 Å². The lowest BCUT2D eigenvalue weighted by molar-refractivity contribution is 0.354. The molecule has 31 heavy (non-hydrogen) atoms. The number of nitrogens with one attached hydrogen (secondary N) is 1. The second kappa shape index (κ2) is 8.47. The average Bonchev–Trinajstić information content (AvgIpc) is 2.89. The van der Waals surface area contributed by atoms with Crippen LogP contribution < -0.4 is 14.2 Å². The van der Waals surface area contributed by atoms with E-state index in [0.29, 0.717) is 17.2 Å². The van der Waals surface area contributed by atoms with E-state index in [-0.39, 0.29) is 0 Å². The van der Waals surface area contributed by atoms with Crippen molar-refractivity contribution in [3.63, 3.8) is 0 Å². The Morgan fingerprint density at radius 2 is 1.55 bits per heavy atom. The first-order valence-corrected chi connectivity index (χ1v) is 11.9. The number of sulfonamides is 1. The molecule has 1 N–H and O–H groups in total. The fraction of sp³-hybridized carbons (Fsp3) is 0.200. The normalized spacial score (nSPS) is 14.4. The molecular weight excluding hydrogens is 410 g/mol. The predicted octanol–water partition coefficient (Wildman–Crippen LogP) is 4.76. The van der Waals surface area contributed by atoms with Gasteiger partial charge >= 0.3 is 0 Å². The third kappa shape index (κ3) is 4.59. The van der Waals surface area contributed by atoms with E-state index in [4.69, 9.17) is 9.47 Å². The number of anilines is 1. The van der Waals surface area contributed by atoms with Gasteiger partial charge in [-0.15, -0.1) is 0 Å². The maximum atomic E-state index is 11.7. The monoisotopic (exact) mass is 435 g/mol. The van der Waals surface area contributed by atoms with Crippen molar-refractivity contribution in [3.05, 3.63) is 88.5 Å². The molecule has 0 aromatic heterocycles. The van der Waals surface area contributed by atoms with Gasteiger partial charge in [-0.3, -0.25) is 4.72 Å². The lowest BCUT2D eigenvalue weighted by Crippen LogP contribution is -2.09. The summed E-state index contributed by atoms with van der Waals surface area (Å²) in [6, 6.07) is 19.9. The van der Waals surface area contributed by atoms with Crippen molar-refractivity contribution >= 4 is 27.4 Å². The Hall–Kier alpha value is -3.25. The van der Waals surface area contributed by atoms with Crippen LogP contribution in [-0.4, -0.2) is 28.9 Å². The summed E-state index contributed by atoms with van der Waals surface area (Å²) in [6.07, 6.45) is 5.06.